The number of nitrogens with one attached hydrogen (secondary N) is 2. The Morgan fingerprint density at radius 3 is 2.12 bits per heavy atom. The van der Waals surface area contributed by atoms with Crippen molar-refractivity contribution in [2.24, 2.45) is 5.92 Å². The van der Waals surface area contributed by atoms with E-state index in [0.717, 1.165) is 6.42 Å². The third-order valence-corrected chi connectivity index (χ3v) is 5.61. The molecule has 2 aromatic rings. The van der Waals surface area contributed by atoms with Crippen LogP contribution in [0.3, 0.4) is 0 Å². The molecule has 0 aliphatic heterocycles. The van der Waals surface area contributed by atoms with Gasteiger partial charge in [-0.1, -0.05) is 32.4 Å². The van der Waals surface area contributed by atoms with Gasteiger partial charge in [0.1, 0.15) is 11.8 Å². The fourth-order valence-corrected chi connectivity index (χ4v) is 3.36. The van der Waals surface area contributed by atoms with Gasteiger partial charge in [-0.15, -0.1) is 0 Å². The molecule has 0 saturated heterocycles. The minimum absolute atomic E-state index is 0.0342. The highest BCUT2D eigenvalue weighted by molar-refractivity contribution is 6.09. The minimum atomic E-state index is -0.641. The molecule has 0 spiro atoms. The Labute approximate surface area is 190 Å². The second kappa shape index (κ2) is 11.9. The molecule has 7 heteroatoms. The maximum absolute atomic E-state index is 13.2. The van der Waals surface area contributed by atoms with E-state index in [4.69, 9.17) is 4.74 Å². The van der Waals surface area contributed by atoms with Crippen LogP contribution in [-0.4, -0.2) is 48.9 Å². The monoisotopic (exact) mass is 439 g/mol. The zero-order chi connectivity index (χ0) is 23.7. The second-order valence-electron chi connectivity index (χ2n) is 7.58. The highest BCUT2D eigenvalue weighted by atomic mass is 16.5. The molecule has 3 amide bonds. The number of ether oxygens (including phenoxy) is 1. The lowest BCUT2D eigenvalue weighted by Gasteiger charge is -2.29. The number of para-hydroxylation sites is 1. The van der Waals surface area contributed by atoms with Gasteiger partial charge in [-0.3, -0.25) is 14.4 Å². The first-order valence-electron chi connectivity index (χ1n) is 11.0. The SMILES string of the molecule is CCC(C)C(NC(=O)c1ccccc1NC(=O)c1ccc(OC)cc1)C(=O)N(CC)CC. The van der Waals surface area contributed by atoms with Crippen LogP contribution in [0.5, 0.6) is 5.75 Å². The molecule has 32 heavy (non-hydrogen) atoms. The largest absolute Gasteiger partial charge is 0.497 e. The average Bonchev–Trinajstić information content (AvgIpc) is 2.82. The van der Waals surface area contributed by atoms with E-state index in [1.54, 1.807) is 60.5 Å². The van der Waals surface area contributed by atoms with Crippen molar-refractivity contribution >= 4 is 23.4 Å². The molecule has 0 bridgehead atoms. The molecule has 172 valence electrons. The molecular formula is C25H33N3O4. The summed E-state index contributed by atoms with van der Waals surface area (Å²) < 4.78 is 5.12. The van der Waals surface area contributed by atoms with Gasteiger partial charge < -0.3 is 20.3 Å². The topological polar surface area (TPSA) is 87.7 Å². The summed E-state index contributed by atoms with van der Waals surface area (Å²) in [4.78, 5) is 40.6. The van der Waals surface area contributed by atoms with Crippen molar-refractivity contribution in [2.75, 3.05) is 25.5 Å². The van der Waals surface area contributed by atoms with E-state index in [2.05, 4.69) is 10.6 Å². The van der Waals surface area contributed by atoms with Crippen molar-refractivity contribution in [2.45, 2.75) is 40.2 Å². The fourth-order valence-electron chi connectivity index (χ4n) is 3.36. The van der Waals surface area contributed by atoms with E-state index < -0.39 is 11.9 Å². The predicted octanol–water partition coefficient (Wildman–Crippen LogP) is 3.96. The van der Waals surface area contributed by atoms with E-state index in [-0.39, 0.29) is 17.7 Å². The number of hydrogen-bond acceptors (Lipinski definition) is 4. The van der Waals surface area contributed by atoms with Crippen molar-refractivity contribution < 1.29 is 19.1 Å². The predicted molar refractivity (Wildman–Crippen MR) is 126 cm³/mol. The molecule has 2 N–H and O–H groups in total. The smallest absolute Gasteiger partial charge is 0.255 e. The molecule has 2 atom stereocenters. The lowest BCUT2D eigenvalue weighted by Crippen LogP contribution is -2.51. The third-order valence-electron chi connectivity index (χ3n) is 5.61. The summed E-state index contributed by atoms with van der Waals surface area (Å²) in [5.41, 5.74) is 1.12. The van der Waals surface area contributed by atoms with E-state index in [1.807, 2.05) is 27.7 Å². The summed E-state index contributed by atoms with van der Waals surface area (Å²) in [5.74, 6) is -0.229. The van der Waals surface area contributed by atoms with Gasteiger partial charge in [0.25, 0.3) is 11.8 Å². The molecule has 0 saturated carbocycles. The number of anilines is 1. The Kier molecular flexibility index (Phi) is 9.25. The number of amides is 3. The van der Waals surface area contributed by atoms with Gasteiger partial charge in [0.05, 0.1) is 18.4 Å². The summed E-state index contributed by atoms with van der Waals surface area (Å²) >= 11 is 0. The minimum Gasteiger partial charge on any atom is -0.497 e. The number of hydrogen-bond donors (Lipinski definition) is 2. The molecule has 2 aromatic carbocycles. The maximum atomic E-state index is 13.2. The first-order valence-corrected chi connectivity index (χ1v) is 11.0. The Balaban J connectivity index is 2.24. The average molecular weight is 440 g/mol. The lowest BCUT2D eigenvalue weighted by atomic mass is 9.97. The lowest BCUT2D eigenvalue weighted by molar-refractivity contribution is -0.134. The van der Waals surface area contributed by atoms with Crippen molar-refractivity contribution in [1.29, 1.82) is 0 Å². The van der Waals surface area contributed by atoms with Crippen LogP contribution >= 0.6 is 0 Å². The number of likely N-dealkylation sites (N-methyl/N-ethyl adjacent to an activating group) is 1. The van der Waals surface area contributed by atoms with Crippen LogP contribution in [0.1, 0.15) is 54.8 Å². The molecule has 0 aliphatic carbocycles. The summed E-state index contributed by atoms with van der Waals surface area (Å²) in [5, 5.41) is 5.70. The molecule has 0 aliphatic rings. The quantitative estimate of drug-likeness (QED) is 0.587. The highest BCUT2D eigenvalue weighted by Crippen LogP contribution is 2.19. The Morgan fingerprint density at radius 2 is 1.56 bits per heavy atom. The van der Waals surface area contributed by atoms with E-state index in [0.29, 0.717) is 35.7 Å². The zero-order valence-corrected chi connectivity index (χ0v) is 19.5. The van der Waals surface area contributed by atoms with Crippen LogP contribution < -0.4 is 15.4 Å². The zero-order valence-electron chi connectivity index (χ0n) is 19.5. The second-order valence-corrected chi connectivity index (χ2v) is 7.58. The van der Waals surface area contributed by atoms with E-state index in [1.165, 1.54) is 0 Å². The first kappa shape index (κ1) is 24.9. The highest BCUT2D eigenvalue weighted by Gasteiger charge is 2.29. The van der Waals surface area contributed by atoms with Crippen molar-refractivity contribution in [3.63, 3.8) is 0 Å². The van der Waals surface area contributed by atoms with E-state index >= 15 is 0 Å². The number of carbonyl (C=O) groups is 3. The van der Waals surface area contributed by atoms with E-state index in [9.17, 15) is 14.4 Å². The number of rotatable bonds is 10. The Morgan fingerprint density at radius 1 is 0.938 bits per heavy atom. The maximum Gasteiger partial charge on any atom is 0.255 e. The third kappa shape index (κ3) is 6.09. The van der Waals surface area contributed by atoms with Gasteiger partial charge in [-0.05, 0) is 56.2 Å². The van der Waals surface area contributed by atoms with Crippen LogP contribution in [-0.2, 0) is 4.79 Å². The number of methoxy groups -OCH3 is 1. The Bertz CT molecular complexity index is 923. The van der Waals surface area contributed by atoms with Crippen LogP contribution in [0.25, 0.3) is 0 Å². The molecule has 2 unspecified atom stereocenters. The van der Waals surface area contributed by atoms with Gasteiger partial charge in [0.15, 0.2) is 0 Å². The molecular weight excluding hydrogens is 406 g/mol. The van der Waals surface area contributed by atoms with Crippen molar-refractivity contribution in [3.05, 3.63) is 59.7 Å². The fraction of sp³-hybridized carbons (Fsp3) is 0.400. The number of benzene rings is 2. The number of carbonyl (C=O) groups excluding carboxylic acids is 3. The molecule has 2 rings (SSSR count). The van der Waals surface area contributed by atoms with Crippen LogP contribution in [0.2, 0.25) is 0 Å². The van der Waals surface area contributed by atoms with Gasteiger partial charge >= 0.3 is 0 Å². The van der Waals surface area contributed by atoms with Crippen molar-refractivity contribution in [3.8, 4) is 5.75 Å². The molecule has 0 heterocycles. The molecule has 0 fully saturated rings. The molecule has 7 nitrogen and oxygen atoms in total. The summed E-state index contributed by atoms with van der Waals surface area (Å²) in [6.45, 7) is 8.92. The normalized spacial score (nSPS) is 12.4. The summed E-state index contributed by atoms with van der Waals surface area (Å²) in [6, 6.07) is 12.8. The van der Waals surface area contributed by atoms with Gasteiger partial charge in [0, 0.05) is 18.7 Å². The summed E-state index contributed by atoms with van der Waals surface area (Å²) in [6.07, 6.45) is 0.744. The summed E-state index contributed by atoms with van der Waals surface area (Å²) in [7, 11) is 1.56. The molecule has 0 radical (unpaired) electrons. The van der Waals surface area contributed by atoms with Crippen LogP contribution in [0, 0.1) is 5.92 Å². The van der Waals surface area contributed by atoms with Crippen molar-refractivity contribution in [1.82, 2.24) is 10.2 Å². The van der Waals surface area contributed by atoms with Crippen LogP contribution in [0.4, 0.5) is 5.69 Å². The van der Waals surface area contributed by atoms with Crippen LogP contribution in [0.15, 0.2) is 48.5 Å². The number of nitrogens with zero attached hydrogens (tertiary/aromatic N) is 1. The Hall–Kier alpha value is -3.35. The van der Waals surface area contributed by atoms with Gasteiger partial charge in [-0.2, -0.15) is 0 Å². The standard InChI is InChI=1S/C25H33N3O4/c1-6-17(4)22(25(31)28(7-2)8-3)27-24(30)20-11-9-10-12-21(20)26-23(29)18-13-15-19(32-5)16-14-18/h9-17,22H,6-8H2,1-5H3,(H,26,29)(H,27,30). The first-order chi connectivity index (χ1) is 15.4. The van der Waals surface area contributed by atoms with Gasteiger partial charge in [-0.25, -0.2) is 0 Å². The molecule has 0 aromatic heterocycles. The van der Waals surface area contributed by atoms with Gasteiger partial charge in [0.2, 0.25) is 5.91 Å².